The van der Waals surface area contributed by atoms with E-state index >= 15 is 0 Å². The molecule has 0 fully saturated rings. The molecular weight excluding hydrogens is 244 g/mol. The predicted octanol–water partition coefficient (Wildman–Crippen LogP) is 1.95. The van der Waals surface area contributed by atoms with Gasteiger partial charge in [-0.2, -0.15) is 0 Å². The summed E-state index contributed by atoms with van der Waals surface area (Å²) in [5.74, 6) is 0. The molecule has 0 radical (unpaired) electrons. The summed E-state index contributed by atoms with van der Waals surface area (Å²) >= 11 is 0. The van der Waals surface area contributed by atoms with Gasteiger partial charge in [0, 0.05) is 42.6 Å². The highest BCUT2D eigenvalue weighted by Gasteiger charge is 2.17. The number of nitro benzene ring substituents is 1. The zero-order chi connectivity index (χ0) is 14.6. The number of anilines is 2. The SMILES string of the molecule is CCN(c1cc(N)cc([N+](=O)[O-])c1)C(C)CN(C)C. The largest absolute Gasteiger partial charge is 0.398 e. The van der Waals surface area contributed by atoms with Crippen molar-refractivity contribution in [1.29, 1.82) is 0 Å². The molecule has 0 amide bonds. The van der Waals surface area contributed by atoms with Crippen LogP contribution < -0.4 is 10.6 Å². The summed E-state index contributed by atoms with van der Waals surface area (Å²) in [6.07, 6.45) is 0. The van der Waals surface area contributed by atoms with Crippen LogP contribution in [0.4, 0.5) is 17.1 Å². The van der Waals surface area contributed by atoms with Crippen molar-refractivity contribution in [1.82, 2.24) is 4.90 Å². The number of nitrogens with zero attached hydrogens (tertiary/aromatic N) is 3. The third-order valence-corrected chi connectivity index (χ3v) is 2.97. The van der Waals surface area contributed by atoms with Gasteiger partial charge in [0.05, 0.1) is 4.92 Å². The average Bonchev–Trinajstić information content (AvgIpc) is 2.27. The highest BCUT2D eigenvalue weighted by atomic mass is 16.6. The smallest absolute Gasteiger partial charge is 0.273 e. The lowest BCUT2D eigenvalue weighted by Gasteiger charge is -2.32. The summed E-state index contributed by atoms with van der Waals surface area (Å²) in [4.78, 5) is 14.7. The molecule has 0 heterocycles. The standard InChI is InChI=1S/C13H22N4O2/c1-5-16(10(2)9-15(3)4)12-6-11(14)7-13(8-12)17(18)19/h6-8,10H,5,9,14H2,1-4H3. The summed E-state index contributed by atoms with van der Waals surface area (Å²) in [6, 6.07) is 4.99. The normalized spacial score (nSPS) is 12.5. The zero-order valence-electron chi connectivity index (χ0n) is 12.0. The molecule has 0 spiro atoms. The van der Waals surface area contributed by atoms with Gasteiger partial charge in [-0.1, -0.05) is 0 Å². The van der Waals surface area contributed by atoms with E-state index in [1.807, 2.05) is 21.0 Å². The molecule has 0 aliphatic rings. The minimum absolute atomic E-state index is 0.0329. The quantitative estimate of drug-likeness (QED) is 0.484. The first-order valence-electron chi connectivity index (χ1n) is 6.31. The number of nitrogen functional groups attached to an aromatic ring is 1. The van der Waals surface area contributed by atoms with E-state index in [0.717, 1.165) is 18.8 Å². The number of benzene rings is 1. The van der Waals surface area contributed by atoms with Crippen LogP contribution in [0, 0.1) is 10.1 Å². The minimum atomic E-state index is -0.412. The number of rotatable bonds is 6. The number of non-ortho nitro benzene ring substituents is 1. The number of nitro groups is 1. The van der Waals surface area contributed by atoms with Crippen molar-refractivity contribution in [3.8, 4) is 0 Å². The van der Waals surface area contributed by atoms with Crippen LogP contribution in [-0.2, 0) is 0 Å². The molecule has 19 heavy (non-hydrogen) atoms. The molecule has 0 aliphatic carbocycles. The van der Waals surface area contributed by atoms with Crippen molar-refractivity contribution < 1.29 is 4.92 Å². The predicted molar refractivity (Wildman–Crippen MR) is 78.5 cm³/mol. The van der Waals surface area contributed by atoms with E-state index in [1.165, 1.54) is 6.07 Å². The molecule has 1 aromatic rings. The fourth-order valence-corrected chi connectivity index (χ4v) is 2.27. The maximum atomic E-state index is 10.9. The Hall–Kier alpha value is -1.82. The molecule has 0 aliphatic heterocycles. The minimum Gasteiger partial charge on any atom is -0.398 e. The van der Waals surface area contributed by atoms with Crippen LogP contribution in [0.3, 0.4) is 0 Å². The highest BCUT2D eigenvalue weighted by Crippen LogP contribution is 2.26. The topological polar surface area (TPSA) is 75.6 Å². The summed E-state index contributed by atoms with van der Waals surface area (Å²) in [5.41, 5.74) is 6.99. The Balaban J connectivity index is 3.07. The lowest BCUT2D eigenvalue weighted by molar-refractivity contribution is -0.384. The van der Waals surface area contributed by atoms with Crippen LogP contribution in [0.15, 0.2) is 18.2 Å². The highest BCUT2D eigenvalue weighted by molar-refractivity contribution is 5.63. The van der Waals surface area contributed by atoms with Crippen molar-refractivity contribution >= 4 is 17.1 Å². The number of hydrogen-bond donors (Lipinski definition) is 1. The Labute approximate surface area is 113 Å². The van der Waals surface area contributed by atoms with Crippen molar-refractivity contribution in [3.05, 3.63) is 28.3 Å². The first-order valence-corrected chi connectivity index (χ1v) is 6.31. The van der Waals surface area contributed by atoms with E-state index in [2.05, 4.69) is 16.7 Å². The van der Waals surface area contributed by atoms with Crippen LogP contribution >= 0.6 is 0 Å². The molecule has 0 aromatic heterocycles. The van der Waals surface area contributed by atoms with Gasteiger partial charge in [0.25, 0.3) is 5.69 Å². The Kier molecular flexibility index (Phi) is 5.11. The molecule has 1 unspecified atom stereocenters. The molecule has 0 bridgehead atoms. The monoisotopic (exact) mass is 266 g/mol. The molecule has 1 rings (SSSR count). The molecule has 6 heteroatoms. The van der Waals surface area contributed by atoms with Gasteiger partial charge in [0.1, 0.15) is 0 Å². The van der Waals surface area contributed by atoms with Crippen LogP contribution in [-0.4, -0.2) is 43.0 Å². The van der Waals surface area contributed by atoms with Crippen molar-refractivity contribution in [3.63, 3.8) is 0 Å². The summed E-state index contributed by atoms with van der Waals surface area (Å²) in [7, 11) is 4.01. The van der Waals surface area contributed by atoms with E-state index in [9.17, 15) is 10.1 Å². The van der Waals surface area contributed by atoms with Crippen LogP contribution in [0.2, 0.25) is 0 Å². The Morgan fingerprint density at radius 3 is 2.47 bits per heavy atom. The average molecular weight is 266 g/mol. The van der Waals surface area contributed by atoms with Crippen LogP contribution in [0.1, 0.15) is 13.8 Å². The molecule has 106 valence electrons. The maximum absolute atomic E-state index is 10.9. The number of nitrogens with two attached hydrogens (primary N) is 1. The lowest BCUT2D eigenvalue weighted by Crippen LogP contribution is -2.40. The molecule has 2 N–H and O–H groups in total. The first kappa shape index (κ1) is 15.2. The van der Waals surface area contributed by atoms with Crippen LogP contribution in [0.25, 0.3) is 0 Å². The van der Waals surface area contributed by atoms with E-state index in [4.69, 9.17) is 5.73 Å². The van der Waals surface area contributed by atoms with E-state index in [1.54, 1.807) is 12.1 Å². The summed E-state index contributed by atoms with van der Waals surface area (Å²) in [6.45, 7) is 5.77. The van der Waals surface area contributed by atoms with Crippen LogP contribution in [0.5, 0.6) is 0 Å². The second kappa shape index (κ2) is 6.38. The second-order valence-electron chi connectivity index (χ2n) is 4.94. The van der Waals surface area contributed by atoms with E-state index in [-0.39, 0.29) is 11.7 Å². The van der Waals surface area contributed by atoms with Gasteiger partial charge in [0.15, 0.2) is 0 Å². The molecule has 6 nitrogen and oxygen atoms in total. The zero-order valence-corrected chi connectivity index (χ0v) is 12.0. The summed E-state index contributed by atoms with van der Waals surface area (Å²) in [5, 5.41) is 10.9. The molecule has 0 saturated heterocycles. The number of likely N-dealkylation sites (N-methyl/N-ethyl adjacent to an activating group) is 2. The number of hydrogen-bond acceptors (Lipinski definition) is 5. The van der Waals surface area contributed by atoms with Gasteiger partial charge < -0.3 is 15.5 Å². The second-order valence-corrected chi connectivity index (χ2v) is 4.94. The molecule has 0 saturated carbocycles. The first-order chi connectivity index (χ1) is 8.85. The molecular formula is C13H22N4O2. The third-order valence-electron chi connectivity index (χ3n) is 2.97. The third kappa shape index (κ3) is 4.10. The fourth-order valence-electron chi connectivity index (χ4n) is 2.27. The van der Waals surface area contributed by atoms with Gasteiger partial charge in [-0.15, -0.1) is 0 Å². The summed E-state index contributed by atoms with van der Waals surface area (Å²) < 4.78 is 0. The van der Waals surface area contributed by atoms with Gasteiger partial charge in [-0.05, 0) is 34.0 Å². The Bertz CT molecular complexity index is 448. The maximum Gasteiger partial charge on any atom is 0.273 e. The van der Waals surface area contributed by atoms with Gasteiger partial charge in [-0.3, -0.25) is 10.1 Å². The van der Waals surface area contributed by atoms with Crippen molar-refractivity contribution in [2.75, 3.05) is 37.8 Å². The molecule has 1 aromatic carbocycles. The molecule has 1 atom stereocenters. The van der Waals surface area contributed by atoms with E-state index in [0.29, 0.717) is 5.69 Å². The van der Waals surface area contributed by atoms with Gasteiger partial charge >= 0.3 is 0 Å². The van der Waals surface area contributed by atoms with Gasteiger partial charge in [0.2, 0.25) is 0 Å². The Morgan fingerprint density at radius 2 is 2.00 bits per heavy atom. The fraction of sp³-hybridized carbons (Fsp3) is 0.538. The van der Waals surface area contributed by atoms with Crippen molar-refractivity contribution in [2.24, 2.45) is 0 Å². The Morgan fingerprint density at radius 1 is 1.37 bits per heavy atom. The van der Waals surface area contributed by atoms with E-state index < -0.39 is 4.92 Å². The van der Waals surface area contributed by atoms with Gasteiger partial charge in [-0.25, -0.2) is 0 Å². The lowest BCUT2D eigenvalue weighted by atomic mass is 10.2. The van der Waals surface area contributed by atoms with Crippen molar-refractivity contribution in [2.45, 2.75) is 19.9 Å².